The van der Waals surface area contributed by atoms with Crippen LogP contribution in [0.25, 0.3) is 11.0 Å². The van der Waals surface area contributed by atoms with Crippen LogP contribution in [0.2, 0.25) is 0 Å². The fourth-order valence-electron chi connectivity index (χ4n) is 3.61. The van der Waals surface area contributed by atoms with Gasteiger partial charge in [0.2, 0.25) is 0 Å². The predicted molar refractivity (Wildman–Crippen MR) is 120 cm³/mol. The van der Waals surface area contributed by atoms with Crippen LogP contribution in [0, 0.1) is 18.8 Å². The maximum absolute atomic E-state index is 13.5. The summed E-state index contributed by atoms with van der Waals surface area (Å²) < 4.78 is 2.95. The predicted octanol–water partition coefficient (Wildman–Crippen LogP) is 1.67. The molecule has 3 aromatic heterocycles. The summed E-state index contributed by atoms with van der Waals surface area (Å²) in [7, 11) is 1.78. The third-order valence-electron chi connectivity index (χ3n) is 4.93. The van der Waals surface area contributed by atoms with Gasteiger partial charge in [-0.15, -0.1) is 0 Å². The van der Waals surface area contributed by atoms with Crippen molar-refractivity contribution in [1.29, 1.82) is 0 Å². The SMILES string of the molecule is Cc1nn(C)c2ncc(C(=O)N(CC(C)C)c3c(N)n(CC(C)C)c(=O)[nH]c3=O)cc12. The molecule has 0 bridgehead atoms. The van der Waals surface area contributed by atoms with Crippen molar-refractivity contribution in [2.75, 3.05) is 17.2 Å². The zero-order valence-electron chi connectivity index (χ0n) is 18.8. The lowest BCUT2D eigenvalue weighted by Gasteiger charge is -2.26. The highest BCUT2D eigenvalue weighted by Crippen LogP contribution is 2.23. The molecule has 3 heterocycles. The van der Waals surface area contributed by atoms with Crippen LogP contribution in [0.1, 0.15) is 43.7 Å². The Hall–Kier alpha value is -3.43. The van der Waals surface area contributed by atoms with Gasteiger partial charge in [-0.05, 0) is 24.8 Å². The van der Waals surface area contributed by atoms with Crippen LogP contribution < -0.4 is 21.9 Å². The Morgan fingerprint density at radius 1 is 1.23 bits per heavy atom. The molecule has 0 unspecified atom stereocenters. The van der Waals surface area contributed by atoms with Crippen molar-refractivity contribution in [3.63, 3.8) is 0 Å². The molecule has 10 heteroatoms. The molecule has 0 radical (unpaired) electrons. The van der Waals surface area contributed by atoms with Crippen LogP contribution in [-0.4, -0.2) is 36.8 Å². The zero-order valence-corrected chi connectivity index (χ0v) is 18.8. The molecule has 0 saturated heterocycles. The number of aryl methyl sites for hydroxylation is 2. The van der Waals surface area contributed by atoms with E-state index in [4.69, 9.17) is 5.73 Å². The van der Waals surface area contributed by atoms with Crippen LogP contribution >= 0.6 is 0 Å². The van der Waals surface area contributed by atoms with Gasteiger partial charge in [0.1, 0.15) is 5.82 Å². The Balaban J connectivity index is 2.17. The Morgan fingerprint density at radius 2 is 1.90 bits per heavy atom. The molecule has 0 spiro atoms. The Morgan fingerprint density at radius 3 is 2.52 bits per heavy atom. The van der Waals surface area contributed by atoms with Gasteiger partial charge in [0.15, 0.2) is 11.3 Å². The summed E-state index contributed by atoms with van der Waals surface area (Å²) in [6.45, 7) is 10.1. The second-order valence-corrected chi connectivity index (χ2v) is 8.61. The number of anilines is 2. The number of hydrogen-bond donors (Lipinski definition) is 2. The van der Waals surface area contributed by atoms with Gasteiger partial charge in [0.25, 0.3) is 11.5 Å². The Kier molecular flexibility index (Phi) is 6.01. The Labute approximate surface area is 179 Å². The third kappa shape index (κ3) is 4.23. The monoisotopic (exact) mass is 427 g/mol. The smallest absolute Gasteiger partial charge is 0.330 e. The van der Waals surface area contributed by atoms with Crippen molar-refractivity contribution >= 4 is 28.4 Å². The first-order valence-electron chi connectivity index (χ1n) is 10.2. The van der Waals surface area contributed by atoms with Gasteiger partial charge >= 0.3 is 5.69 Å². The fraction of sp³-hybridized carbons (Fsp3) is 0.476. The molecule has 0 atom stereocenters. The standard InChI is InChI=1S/C21H29N7O3/c1-11(2)9-27(16-17(22)28(10-12(3)4)21(31)24-19(16)29)20(30)14-7-15-13(5)25-26(6)18(15)23-8-14/h7-8,11-12H,9-10,22H2,1-6H3,(H,24,29,31). The van der Waals surface area contributed by atoms with E-state index >= 15 is 0 Å². The van der Waals surface area contributed by atoms with Gasteiger partial charge in [-0.3, -0.25) is 23.8 Å². The highest BCUT2D eigenvalue weighted by molar-refractivity contribution is 6.08. The van der Waals surface area contributed by atoms with Crippen LogP contribution in [0.5, 0.6) is 0 Å². The first-order valence-corrected chi connectivity index (χ1v) is 10.2. The van der Waals surface area contributed by atoms with Gasteiger partial charge < -0.3 is 10.6 Å². The maximum Gasteiger partial charge on any atom is 0.330 e. The van der Waals surface area contributed by atoms with Crippen LogP contribution in [0.3, 0.4) is 0 Å². The summed E-state index contributed by atoms with van der Waals surface area (Å²) in [6.07, 6.45) is 1.47. The number of hydrogen-bond acceptors (Lipinski definition) is 6. The normalized spacial score (nSPS) is 11.6. The molecule has 31 heavy (non-hydrogen) atoms. The number of amides is 1. The maximum atomic E-state index is 13.5. The first-order chi connectivity index (χ1) is 14.5. The minimum atomic E-state index is -0.692. The van der Waals surface area contributed by atoms with Gasteiger partial charge in [-0.2, -0.15) is 5.10 Å². The van der Waals surface area contributed by atoms with E-state index in [2.05, 4.69) is 15.1 Å². The number of nitrogen functional groups attached to an aromatic ring is 1. The van der Waals surface area contributed by atoms with Crippen LogP contribution in [-0.2, 0) is 13.6 Å². The molecule has 0 aliphatic carbocycles. The molecule has 166 valence electrons. The summed E-state index contributed by atoms with van der Waals surface area (Å²) in [5.41, 5.74) is 6.67. The molecule has 3 rings (SSSR count). The number of nitrogens with zero attached hydrogens (tertiary/aromatic N) is 5. The molecule has 0 aliphatic rings. The molecule has 1 amide bonds. The van der Waals surface area contributed by atoms with Crippen molar-refractivity contribution in [3.8, 4) is 0 Å². The van der Waals surface area contributed by atoms with Crippen molar-refractivity contribution in [3.05, 3.63) is 44.4 Å². The van der Waals surface area contributed by atoms with Crippen molar-refractivity contribution in [2.24, 2.45) is 18.9 Å². The van der Waals surface area contributed by atoms with Gasteiger partial charge in [0.05, 0.1) is 11.3 Å². The zero-order chi connectivity index (χ0) is 23.0. The summed E-state index contributed by atoms with van der Waals surface area (Å²) in [6, 6.07) is 1.72. The molecule has 0 saturated carbocycles. The quantitative estimate of drug-likeness (QED) is 0.615. The number of aromatic nitrogens is 5. The second-order valence-electron chi connectivity index (χ2n) is 8.61. The number of carbonyl (C=O) groups excluding carboxylic acids is 1. The minimum Gasteiger partial charge on any atom is -0.383 e. The number of pyridine rings is 1. The van der Waals surface area contributed by atoms with Crippen LogP contribution in [0.15, 0.2) is 21.9 Å². The average molecular weight is 428 g/mol. The first kappa shape index (κ1) is 22.3. The molecule has 3 N–H and O–H groups in total. The highest BCUT2D eigenvalue weighted by Gasteiger charge is 2.27. The number of fused-ring (bicyclic) bond motifs is 1. The topological polar surface area (TPSA) is 132 Å². The van der Waals surface area contributed by atoms with E-state index in [1.54, 1.807) is 17.8 Å². The molecule has 0 aromatic carbocycles. The Bertz CT molecular complexity index is 1250. The van der Waals surface area contributed by atoms with E-state index in [1.807, 2.05) is 34.6 Å². The summed E-state index contributed by atoms with van der Waals surface area (Å²) in [5.74, 6) is -0.278. The average Bonchev–Trinajstić information content (AvgIpc) is 2.96. The molecule has 10 nitrogen and oxygen atoms in total. The largest absolute Gasteiger partial charge is 0.383 e. The van der Waals surface area contributed by atoms with Gasteiger partial charge in [0, 0.05) is 31.7 Å². The fourth-order valence-corrected chi connectivity index (χ4v) is 3.61. The lowest BCUT2D eigenvalue weighted by atomic mass is 10.1. The molecule has 0 fully saturated rings. The van der Waals surface area contributed by atoms with Crippen molar-refractivity contribution < 1.29 is 4.79 Å². The lowest BCUT2D eigenvalue weighted by molar-refractivity contribution is 0.0983. The van der Waals surface area contributed by atoms with E-state index in [0.717, 1.165) is 11.1 Å². The van der Waals surface area contributed by atoms with E-state index in [0.29, 0.717) is 17.8 Å². The van der Waals surface area contributed by atoms with Crippen molar-refractivity contribution in [2.45, 2.75) is 41.2 Å². The summed E-state index contributed by atoms with van der Waals surface area (Å²) >= 11 is 0. The van der Waals surface area contributed by atoms with Crippen molar-refractivity contribution in [1.82, 2.24) is 24.3 Å². The number of nitrogens with two attached hydrogens (primary N) is 1. The highest BCUT2D eigenvalue weighted by atomic mass is 16.2. The molecule has 0 aliphatic heterocycles. The third-order valence-corrected chi connectivity index (χ3v) is 4.93. The van der Waals surface area contributed by atoms with Crippen LogP contribution in [0.4, 0.5) is 11.5 Å². The molecule has 3 aromatic rings. The summed E-state index contributed by atoms with van der Waals surface area (Å²) in [5, 5.41) is 5.09. The lowest BCUT2D eigenvalue weighted by Crippen LogP contribution is -2.43. The van der Waals surface area contributed by atoms with E-state index in [9.17, 15) is 14.4 Å². The van der Waals surface area contributed by atoms with E-state index < -0.39 is 17.2 Å². The second kappa shape index (κ2) is 8.37. The summed E-state index contributed by atoms with van der Waals surface area (Å²) in [4.78, 5) is 46.6. The number of nitrogens with one attached hydrogen (secondary N) is 1. The van der Waals surface area contributed by atoms with E-state index in [-0.39, 0.29) is 29.9 Å². The van der Waals surface area contributed by atoms with Gasteiger partial charge in [-0.1, -0.05) is 27.7 Å². The molecular weight excluding hydrogens is 398 g/mol. The number of H-pyrrole nitrogens is 1. The minimum absolute atomic E-state index is 0.0250. The number of rotatable bonds is 6. The molecular formula is C21H29N7O3. The number of aromatic amines is 1. The number of carbonyl (C=O) groups is 1. The van der Waals surface area contributed by atoms with Gasteiger partial charge in [-0.25, -0.2) is 9.78 Å². The van der Waals surface area contributed by atoms with E-state index in [1.165, 1.54) is 15.7 Å².